The average molecular weight is 303 g/mol. The molecule has 1 aromatic carbocycles. The highest BCUT2D eigenvalue weighted by Gasteiger charge is 2.15. The first-order valence-corrected chi connectivity index (χ1v) is 7.76. The quantitative estimate of drug-likeness (QED) is 0.831. The molecule has 0 saturated carbocycles. The minimum atomic E-state index is -0.105. The molecule has 1 amide bonds. The summed E-state index contributed by atoms with van der Waals surface area (Å²) >= 11 is 1.68. The summed E-state index contributed by atoms with van der Waals surface area (Å²) in [5, 5.41) is 9.41. The van der Waals surface area contributed by atoms with Gasteiger partial charge in [0.1, 0.15) is 5.75 Å². The fourth-order valence-corrected chi connectivity index (χ4v) is 2.86. The van der Waals surface area contributed by atoms with E-state index in [1.807, 2.05) is 25.1 Å². The maximum Gasteiger partial charge on any atom is 0.262 e. The molecule has 3 rings (SSSR count). The maximum absolute atomic E-state index is 11.3. The first-order chi connectivity index (χ1) is 10.2. The summed E-state index contributed by atoms with van der Waals surface area (Å²) in [6, 6.07) is 5.86. The lowest BCUT2D eigenvalue weighted by Crippen LogP contribution is -2.25. The second-order valence-corrected chi connectivity index (χ2v) is 6.01. The number of ether oxygens (including phenoxy) is 1. The molecule has 1 aliphatic rings. The molecular weight excluding hydrogens is 286 g/mol. The number of hydrogen-bond donors (Lipinski definition) is 2. The van der Waals surface area contributed by atoms with Crippen molar-refractivity contribution in [2.24, 2.45) is 0 Å². The van der Waals surface area contributed by atoms with Crippen LogP contribution >= 0.6 is 11.3 Å². The summed E-state index contributed by atoms with van der Waals surface area (Å²) in [5.41, 5.74) is 3.01. The van der Waals surface area contributed by atoms with Gasteiger partial charge in [0, 0.05) is 24.9 Å². The van der Waals surface area contributed by atoms with Gasteiger partial charge in [-0.15, -0.1) is 11.3 Å². The molecule has 0 aliphatic carbocycles. The van der Waals surface area contributed by atoms with E-state index in [9.17, 15) is 4.79 Å². The lowest BCUT2D eigenvalue weighted by molar-refractivity contribution is -0.118. The highest BCUT2D eigenvalue weighted by molar-refractivity contribution is 7.09. The summed E-state index contributed by atoms with van der Waals surface area (Å²) in [7, 11) is 0. The molecule has 1 aliphatic heterocycles. The second-order valence-electron chi connectivity index (χ2n) is 4.95. The lowest BCUT2D eigenvalue weighted by Gasteiger charge is -2.18. The molecule has 110 valence electrons. The third-order valence-electron chi connectivity index (χ3n) is 3.23. The highest BCUT2D eigenvalue weighted by Crippen LogP contribution is 2.28. The van der Waals surface area contributed by atoms with Gasteiger partial charge < -0.3 is 15.4 Å². The second kappa shape index (κ2) is 6.24. The van der Waals surface area contributed by atoms with Gasteiger partial charge in [-0.25, -0.2) is 4.98 Å². The number of aryl methyl sites for hydroxylation is 1. The fourth-order valence-electron chi connectivity index (χ4n) is 2.21. The van der Waals surface area contributed by atoms with Gasteiger partial charge in [-0.3, -0.25) is 4.79 Å². The maximum atomic E-state index is 11.3. The van der Waals surface area contributed by atoms with E-state index in [1.165, 1.54) is 0 Å². The largest absolute Gasteiger partial charge is 0.482 e. The molecule has 0 radical (unpaired) electrons. The smallest absolute Gasteiger partial charge is 0.262 e. The van der Waals surface area contributed by atoms with Crippen molar-refractivity contribution in [1.82, 2.24) is 10.3 Å². The Morgan fingerprint density at radius 3 is 3.19 bits per heavy atom. The van der Waals surface area contributed by atoms with E-state index in [4.69, 9.17) is 4.74 Å². The SMILES string of the molecule is Cc1nc(CCNCc2ccc3c(c2)NC(=O)CO3)cs1. The van der Waals surface area contributed by atoms with E-state index in [0.29, 0.717) is 0 Å². The Balaban J connectivity index is 1.51. The molecule has 0 fully saturated rings. The minimum Gasteiger partial charge on any atom is -0.482 e. The number of thiazole rings is 1. The van der Waals surface area contributed by atoms with Crippen LogP contribution in [0.3, 0.4) is 0 Å². The van der Waals surface area contributed by atoms with Gasteiger partial charge in [-0.2, -0.15) is 0 Å². The summed E-state index contributed by atoms with van der Waals surface area (Å²) in [5.74, 6) is 0.628. The number of amides is 1. The van der Waals surface area contributed by atoms with Crippen molar-refractivity contribution in [3.8, 4) is 5.75 Å². The molecule has 6 heteroatoms. The van der Waals surface area contributed by atoms with Gasteiger partial charge in [0.15, 0.2) is 6.61 Å². The van der Waals surface area contributed by atoms with E-state index < -0.39 is 0 Å². The molecule has 2 aromatic rings. The zero-order chi connectivity index (χ0) is 14.7. The molecule has 2 N–H and O–H groups in total. The van der Waals surface area contributed by atoms with Crippen molar-refractivity contribution < 1.29 is 9.53 Å². The van der Waals surface area contributed by atoms with E-state index in [2.05, 4.69) is 21.0 Å². The van der Waals surface area contributed by atoms with E-state index in [-0.39, 0.29) is 12.5 Å². The van der Waals surface area contributed by atoms with Crippen LogP contribution in [-0.2, 0) is 17.8 Å². The van der Waals surface area contributed by atoms with Crippen molar-refractivity contribution in [3.05, 3.63) is 39.8 Å². The Hall–Kier alpha value is -1.92. The number of aromatic nitrogens is 1. The van der Waals surface area contributed by atoms with Crippen LogP contribution in [-0.4, -0.2) is 24.0 Å². The monoisotopic (exact) mass is 303 g/mol. The topological polar surface area (TPSA) is 63.2 Å². The molecular formula is C15H17N3O2S. The van der Waals surface area contributed by atoms with Crippen LogP contribution in [0.5, 0.6) is 5.75 Å². The average Bonchev–Trinajstić information content (AvgIpc) is 2.89. The van der Waals surface area contributed by atoms with Gasteiger partial charge in [-0.1, -0.05) is 6.07 Å². The number of rotatable bonds is 5. The van der Waals surface area contributed by atoms with Crippen LogP contribution in [0.4, 0.5) is 5.69 Å². The summed E-state index contributed by atoms with van der Waals surface area (Å²) in [6.07, 6.45) is 0.926. The minimum absolute atomic E-state index is 0.0949. The number of hydrogen-bond acceptors (Lipinski definition) is 5. The van der Waals surface area contributed by atoms with Crippen LogP contribution in [0.1, 0.15) is 16.3 Å². The van der Waals surface area contributed by atoms with Crippen LogP contribution in [0.25, 0.3) is 0 Å². The van der Waals surface area contributed by atoms with Crippen LogP contribution in [0, 0.1) is 6.92 Å². The molecule has 2 heterocycles. The molecule has 0 unspecified atom stereocenters. The van der Waals surface area contributed by atoms with Crippen LogP contribution < -0.4 is 15.4 Å². The zero-order valence-electron chi connectivity index (χ0n) is 11.8. The lowest BCUT2D eigenvalue weighted by atomic mass is 10.1. The van der Waals surface area contributed by atoms with Crippen molar-refractivity contribution in [2.45, 2.75) is 19.9 Å². The van der Waals surface area contributed by atoms with Crippen LogP contribution in [0.2, 0.25) is 0 Å². The molecule has 0 saturated heterocycles. The molecule has 0 spiro atoms. The Bertz CT molecular complexity index is 654. The number of anilines is 1. The van der Waals surface area contributed by atoms with Gasteiger partial charge in [-0.05, 0) is 24.6 Å². The highest BCUT2D eigenvalue weighted by atomic mass is 32.1. The third-order valence-corrected chi connectivity index (χ3v) is 4.05. The zero-order valence-corrected chi connectivity index (χ0v) is 12.6. The number of benzene rings is 1. The van der Waals surface area contributed by atoms with Gasteiger partial charge in [0.2, 0.25) is 0 Å². The van der Waals surface area contributed by atoms with E-state index in [1.54, 1.807) is 11.3 Å². The van der Waals surface area contributed by atoms with Crippen molar-refractivity contribution in [3.63, 3.8) is 0 Å². The van der Waals surface area contributed by atoms with E-state index >= 15 is 0 Å². The Labute approximate surface area is 127 Å². The van der Waals surface area contributed by atoms with Gasteiger partial charge in [0.25, 0.3) is 5.91 Å². The molecule has 21 heavy (non-hydrogen) atoms. The molecule has 0 atom stereocenters. The number of carbonyl (C=O) groups excluding carboxylic acids is 1. The predicted octanol–water partition coefficient (Wildman–Crippen LogP) is 2.11. The fraction of sp³-hybridized carbons (Fsp3) is 0.333. The first-order valence-electron chi connectivity index (χ1n) is 6.88. The Morgan fingerprint density at radius 2 is 2.38 bits per heavy atom. The predicted molar refractivity (Wildman–Crippen MR) is 82.8 cm³/mol. The molecule has 5 nitrogen and oxygen atoms in total. The van der Waals surface area contributed by atoms with E-state index in [0.717, 1.165) is 47.2 Å². The molecule has 1 aromatic heterocycles. The number of nitrogens with one attached hydrogen (secondary N) is 2. The van der Waals surface area contributed by atoms with Gasteiger partial charge in [0.05, 0.1) is 16.4 Å². The summed E-state index contributed by atoms with van der Waals surface area (Å²) in [6.45, 7) is 3.75. The van der Waals surface area contributed by atoms with Crippen molar-refractivity contribution in [2.75, 3.05) is 18.5 Å². The van der Waals surface area contributed by atoms with Gasteiger partial charge >= 0.3 is 0 Å². The standard InChI is InChI=1S/C15H17N3O2S/c1-10-17-12(9-21-10)4-5-16-7-11-2-3-14-13(6-11)18-15(19)8-20-14/h2-3,6,9,16H,4-5,7-8H2,1H3,(H,18,19). The molecule has 0 bridgehead atoms. The Morgan fingerprint density at radius 1 is 1.48 bits per heavy atom. The first kappa shape index (κ1) is 14.0. The number of fused-ring (bicyclic) bond motifs is 1. The number of carbonyl (C=O) groups is 1. The third kappa shape index (κ3) is 3.59. The normalized spacial score (nSPS) is 13.5. The van der Waals surface area contributed by atoms with Crippen molar-refractivity contribution >= 4 is 22.9 Å². The van der Waals surface area contributed by atoms with Crippen molar-refractivity contribution in [1.29, 1.82) is 0 Å². The summed E-state index contributed by atoms with van der Waals surface area (Å²) in [4.78, 5) is 15.7. The Kier molecular flexibility index (Phi) is 4.17. The number of nitrogens with zero attached hydrogens (tertiary/aromatic N) is 1. The van der Waals surface area contributed by atoms with Crippen LogP contribution in [0.15, 0.2) is 23.6 Å². The summed E-state index contributed by atoms with van der Waals surface area (Å²) < 4.78 is 5.34.